The largest absolute Gasteiger partial charge is 0.508 e. The molecule has 608 valence electrons. The molecule has 109 heavy (non-hydrogen) atoms. The lowest BCUT2D eigenvalue weighted by Crippen LogP contribution is -2.60. The zero-order valence-electron chi connectivity index (χ0n) is 61.0. The van der Waals surface area contributed by atoms with Crippen LogP contribution in [0.25, 0.3) is 0 Å². The zero-order valence-corrected chi connectivity index (χ0v) is 64.4. The van der Waals surface area contributed by atoms with Gasteiger partial charge in [-0.1, -0.05) is 32.4 Å². The molecule has 4 rings (SSSR count). The van der Waals surface area contributed by atoms with E-state index in [9.17, 15) is 101 Å². The fourth-order valence-electron chi connectivity index (χ4n) is 11.4. The number of phenolic OH excluding ortho intramolecular Hbond substituents is 1. The molecule has 0 aromatic heterocycles. The molecular formula is C64H102N19O22PS3. The average Bonchev–Trinajstić information content (AvgIpc) is 1.70. The van der Waals surface area contributed by atoms with Crippen LogP contribution in [0, 0.1) is 5.92 Å². The van der Waals surface area contributed by atoms with Gasteiger partial charge < -0.3 is 117 Å². The highest BCUT2D eigenvalue weighted by atomic mass is 32.2. The van der Waals surface area contributed by atoms with Gasteiger partial charge in [-0.05, 0) is 112 Å². The van der Waals surface area contributed by atoms with E-state index in [1.54, 1.807) is 38.1 Å². The molecule has 45 heteroatoms. The normalized spacial score (nSPS) is 17.9. The molecule has 0 aliphatic carbocycles. The molecule has 3 fully saturated rings. The number of amides is 16. The van der Waals surface area contributed by atoms with Crippen molar-refractivity contribution in [3.05, 3.63) is 29.8 Å². The van der Waals surface area contributed by atoms with Crippen molar-refractivity contribution >= 4 is 144 Å². The van der Waals surface area contributed by atoms with E-state index >= 15 is 0 Å². The standard InChI is InChI=1S/C64H102N19O22PS3/c1-33(2)24-40(75-51(89)30-72-56(94)38(18-22-107-4)77-57(95)39(19-23-108-5)74-50(88)29-71-49(87)28-70-48(86)27-69-47(85)13-7-6-12-46-53-44(32-109-46)81-64(101)82-53)59(97)80-43(31-105-106(102,103)104)62(100)83-21-9-11-45(83)61(99)79-42(26-52(90)91)58(96)73-34(3)55(93)78-41(25-35-14-16-36(84)17-15-35)60(98)76-37(54(65)92)10-8-20-68-63(66)67/h14-17,33-34,37-46,53,84H,6-13,18-32H2,1-5H3,(H2,65,92)(H,69,85)(H,70,86)(H,71,87)(H,72,94)(H,73,96)(H,74,88)(H,75,89)(H,76,98)(H,77,95)(H,78,93)(H,79,99)(H,80,97)(H,90,91)(H4,66,67,68)(H2,81,82,101)(H2,102,103,104)/t34-,37-,38-,39-,40-,41-,42-,43-,44-,45-,46-,53-/m0/s1. The van der Waals surface area contributed by atoms with Crippen molar-refractivity contribution in [1.82, 2.24) is 79.3 Å². The summed E-state index contributed by atoms with van der Waals surface area (Å²) < 4.78 is 16.7. The second kappa shape index (κ2) is 47.0. The number of nitrogens with one attached hydrogen (secondary N) is 14. The van der Waals surface area contributed by atoms with Gasteiger partial charge in [-0.25, -0.2) is 9.36 Å². The summed E-state index contributed by atoms with van der Waals surface area (Å²) in [6.45, 7) is 0.709. The van der Waals surface area contributed by atoms with Gasteiger partial charge in [-0.2, -0.15) is 35.3 Å². The van der Waals surface area contributed by atoms with Crippen LogP contribution in [-0.4, -0.2) is 273 Å². The van der Waals surface area contributed by atoms with Gasteiger partial charge >= 0.3 is 19.8 Å². The number of hydrogen-bond donors (Lipinski definition) is 21. The van der Waals surface area contributed by atoms with Gasteiger partial charge in [0.15, 0.2) is 5.96 Å². The van der Waals surface area contributed by atoms with Crippen molar-refractivity contribution in [2.45, 2.75) is 176 Å². The van der Waals surface area contributed by atoms with E-state index in [4.69, 9.17) is 17.2 Å². The minimum Gasteiger partial charge on any atom is -0.508 e. The SMILES string of the molecule is CSCC[C@H](NC(=O)CNC(=O)CNC(=O)CNC(=O)CCCC[C@@H]1SC[C@@H]2NC(=O)N[C@@H]21)C(=O)N[C@@H](CCSC)C(=O)NCC(=O)N[C@@H](CC(C)C)C(=O)N[C@@H](COP(=O)(O)O)C(=O)N1CCC[C@H]1C(=O)N[C@@H](CC(=O)O)C(=O)N[C@@H](C)C(=O)N[C@@H](Cc1ccc(O)cc1)C(=O)N[C@@H](CCCN=C(N)N)C(N)=O. The Labute approximate surface area is 641 Å². The van der Waals surface area contributed by atoms with Crippen LogP contribution in [0.5, 0.6) is 5.75 Å². The highest BCUT2D eigenvalue weighted by Crippen LogP contribution is 2.36. The number of aliphatic carboxylic acids is 1. The molecule has 0 bridgehead atoms. The monoisotopic (exact) mass is 1620 g/mol. The number of phosphoric acid groups is 1. The second-order valence-electron chi connectivity index (χ2n) is 26.2. The number of aliphatic imine (C=N–C) groups is 1. The topological polar surface area (TPSA) is 642 Å². The lowest BCUT2D eigenvalue weighted by molar-refractivity contribution is -0.144. The smallest absolute Gasteiger partial charge is 0.469 e. The van der Waals surface area contributed by atoms with E-state index in [-0.39, 0.29) is 118 Å². The molecule has 24 N–H and O–H groups in total. The number of phosphoric ester groups is 1. The maximum absolute atomic E-state index is 14.4. The number of carboxylic acids is 1. The van der Waals surface area contributed by atoms with Crippen LogP contribution in [0.2, 0.25) is 0 Å². The summed E-state index contributed by atoms with van der Waals surface area (Å²) in [5.74, 6) is -13.6. The van der Waals surface area contributed by atoms with E-state index in [0.717, 1.165) is 30.4 Å². The summed E-state index contributed by atoms with van der Waals surface area (Å²) >= 11 is 4.42. The molecule has 16 amide bonds. The quantitative estimate of drug-likeness (QED) is 0.00949. The van der Waals surface area contributed by atoms with Gasteiger partial charge in [0.05, 0.1) is 51.3 Å². The third-order valence-corrected chi connectivity index (χ3v) is 20.2. The number of unbranched alkanes of at least 4 members (excludes halogenated alkanes) is 1. The molecule has 3 saturated heterocycles. The van der Waals surface area contributed by atoms with Gasteiger partial charge in [0.2, 0.25) is 82.7 Å². The Morgan fingerprint density at radius 3 is 1.79 bits per heavy atom. The molecule has 0 spiro atoms. The number of aromatic hydroxyl groups is 1. The first-order valence-corrected chi connectivity index (χ1v) is 40.3. The molecule has 1 aromatic rings. The number of primary amides is 1. The number of fused-ring (bicyclic) bond motifs is 1. The predicted octanol–water partition coefficient (Wildman–Crippen LogP) is -6.31. The van der Waals surface area contributed by atoms with Gasteiger partial charge in [-0.3, -0.25) is 81.4 Å². The van der Waals surface area contributed by atoms with Crippen LogP contribution in [0.4, 0.5) is 4.79 Å². The summed E-state index contributed by atoms with van der Waals surface area (Å²) in [6, 6.07) is -8.40. The van der Waals surface area contributed by atoms with E-state index in [0.29, 0.717) is 23.5 Å². The molecule has 3 aliphatic rings. The highest BCUT2D eigenvalue weighted by Gasteiger charge is 2.44. The molecule has 0 radical (unpaired) electrons. The van der Waals surface area contributed by atoms with Crippen molar-refractivity contribution < 1.29 is 106 Å². The number of nitrogens with zero attached hydrogens (tertiary/aromatic N) is 2. The number of nitrogens with two attached hydrogens (primary N) is 3. The van der Waals surface area contributed by atoms with Crippen molar-refractivity contribution in [2.24, 2.45) is 28.1 Å². The summed E-state index contributed by atoms with van der Waals surface area (Å²) in [5.41, 5.74) is 16.7. The minimum atomic E-state index is -5.41. The molecule has 0 unspecified atom stereocenters. The number of carbonyl (C=O) groups is 16. The lowest BCUT2D eigenvalue weighted by atomic mass is 10.0. The van der Waals surface area contributed by atoms with Crippen molar-refractivity contribution in [1.29, 1.82) is 0 Å². The summed E-state index contributed by atoms with van der Waals surface area (Å²) in [4.78, 5) is 236. The number of thioether (sulfide) groups is 3. The zero-order chi connectivity index (χ0) is 81.1. The first-order valence-electron chi connectivity index (χ1n) is 35.0. The summed E-state index contributed by atoms with van der Waals surface area (Å²) in [5, 5.41) is 54.7. The molecule has 0 saturated carbocycles. The molecule has 1 aromatic carbocycles. The lowest BCUT2D eigenvalue weighted by Gasteiger charge is -2.30. The minimum absolute atomic E-state index is 0.0178. The van der Waals surface area contributed by atoms with Crippen LogP contribution >= 0.6 is 43.1 Å². The number of urea groups is 1. The number of phenols is 1. The first-order chi connectivity index (χ1) is 51.5. The fourth-order valence-corrected chi connectivity index (χ4v) is 14.2. The fraction of sp³-hybridized carbons (Fsp3) is 0.641. The molecule has 41 nitrogen and oxygen atoms in total. The Balaban J connectivity index is 1.35. The van der Waals surface area contributed by atoms with Crippen molar-refractivity contribution in [2.75, 3.05) is 75.6 Å². The number of hydrogen-bond acceptors (Lipinski definition) is 23. The average molecular weight is 1620 g/mol. The molecule has 3 heterocycles. The van der Waals surface area contributed by atoms with Crippen molar-refractivity contribution in [3.63, 3.8) is 0 Å². The number of carbonyl (C=O) groups excluding carboxylic acids is 15. The van der Waals surface area contributed by atoms with Crippen LogP contribution in [0.15, 0.2) is 29.3 Å². The number of guanidine groups is 1. The summed E-state index contributed by atoms with van der Waals surface area (Å²) in [7, 11) is -5.41. The van der Waals surface area contributed by atoms with E-state index in [1.807, 2.05) is 0 Å². The van der Waals surface area contributed by atoms with Gasteiger partial charge in [0.1, 0.15) is 60.1 Å². The second-order valence-corrected chi connectivity index (χ2v) is 30.7. The Kier molecular flexibility index (Phi) is 39.7. The highest BCUT2D eigenvalue weighted by molar-refractivity contribution is 8.00. The first kappa shape index (κ1) is 92.2. The predicted molar refractivity (Wildman–Crippen MR) is 398 cm³/mol. The number of carboxylic acid groups (broad SMARTS) is 1. The Morgan fingerprint density at radius 2 is 1.19 bits per heavy atom. The van der Waals surface area contributed by atoms with Crippen LogP contribution < -0.4 is 91.6 Å². The van der Waals surface area contributed by atoms with Gasteiger partial charge in [0.25, 0.3) is 0 Å². The van der Waals surface area contributed by atoms with Gasteiger partial charge in [0, 0.05) is 36.9 Å². The Bertz CT molecular complexity index is 3450. The Morgan fingerprint density at radius 1 is 0.642 bits per heavy atom. The third kappa shape index (κ3) is 34.5. The number of benzene rings is 1. The van der Waals surface area contributed by atoms with Crippen LogP contribution in [0.3, 0.4) is 0 Å². The van der Waals surface area contributed by atoms with Gasteiger partial charge in [-0.15, -0.1) is 0 Å². The van der Waals surface area contributed by atoms with Crippen LogP contribution in [0.1, 0.15) is 103 Å². The number of rotatable bonds is 49. The van der Waals surface area contributed by atoms with E-state index in [1.165, 1.54) is 47.8 Å². The molecule has 3 aliphatic heterocycles. The molecule has 12 atom stereocenters. The maximum Gasteiger partial charge on any atom is 0.469 e. The Hall–Kier alpha value is -9.23. The van der Waals surface area contributed by atoms with Crippen LogP contribution in [-0.2, 0) is 87.4 Å². The van der Waals surface area contributed by atoms with E-state index < -0.39 is 184 Å². The van der Waals surface area contributed by atoms with E-state index in [2.05, 4.69) is 84.0 Å². The third-order valence-electron chi connectivity index (χ3n) is 16.9. The number of likely N-dealkylation sites (tertiary alicyclic amines) is 1. The maximum atomic E-state index is 14.4. The molecular weight excluding hydrogens is 1510 g/mol. The van der Waals surface area contributed by atoms with Crippen molar-refractivity contribution in [3.8, 4) is 5.75 Å². The summed E-state index contributed by atoms with van der Waals surface area (Å²) in [6.07, 6.45) is 4.46.